The Balaban J connectivity index is 1.78. The van der Waals surface area contributed by atoms with Crippen LogP contribution in [0.2, 0.25) is 0 Å². The Morgan fingerprint density at radius 1 is 0.886 bits per heavy atom. The lowest BCUT2D eigenvalue weighted by Gasteiger charge is -2.23. The Morgan fingerprint density at radius 3 is 2.14 bits per heavy atom. The number of anilines is 2. The van der Waals surface area contributed by atoms with E-state index in [4.69, 9.17) is 0 Å². The molecule has 3 aromatic rings. The van der Waals surface area contributed by atoms with Crippen molar-refractivity contribution in [1.29, 1.82) is 0 Å². The molecule has 3 rings (SSSR count). The van der Waals surface area contributed by atoms with Gasteiger partial charge in [0.05, 0.1) is 29.7 Å². The topological polar surface area (TPSA) is 95.6 Å². The number of hydrogen-bond donors (Lipinski definition) is 2. The van der Waals surface area contributed by atoms with Crippen molar-refractivity contribution in [3.05, 3.63) is 94.5 Å². The Kier molecular flexibility index (Phi) is 7.96. The van der Waals surface area contributed by atoms with Crippen LogP contribution in [0.4, 0.5) is 11.4 Å². The number of carbonyl (C=O) groups excluding carboxylic acids is 2. The predicted molar refractivity (Wildman–Crippen MR) is 140 cm³/mol. The summed E-state index contributed by atoms with van der Waals surface area (Å²) in [6.07, 6.45) is 1.18. The zero-order valence-corrected chi connectivity index (χ0v) is 21.4. The van der Waals surface area contributed by atoms with Gasteiger partial charge in [0, 0.05) is 11.6 Å². The van der Waals surface area contributed by atoms with Gasteiger partial charge in [0.15, 0.2) is 0 Å². The van der Waals surface area contributed by atoms with Crippen molar-refractivity contribution in [3.63, 3.8) is 0 Å². The van der Waals surface area contributed by atoms with E-state index in [1.165, 1.54) is 10.6 Å². The molecule has 8 heteroatoms. The van der Waals surface area contributed by atoms with Crippen molar-refractivity contribution < 1.29 is 18.0 Å². The summed E-state index contributed by atoms with van der Waals surface area (Å²) >= 11 is 0. The largest absolute Gasteiger partial charge is 0.350 e. The Morgan fingerprint density at radius 2 is 1.54 bits per heavy atom. The van der Waals surface area contributed by atoms with E-state index in [-0.39, 0.29) is 24.4 Å². The summed E-state index contributed by atoms with van der Waals surface area (Å²) in [4.78, 5) is 25.3. The fourth-order valence-corrected chi connectivity index (χ4v) is 4.41. The molecule has 2 N–H and O–H groups in total. The van der Waals surface area contributed by atoms with E-state index in [1.807, 2.05) is 39.8 Å². The molecule has 0 atom stereocenters. The summed E-state index contributed by atoms with van der Waals surface area (Å²) in [6.45, 7) is 7.79. The zero-order valence-electron chi connectivity index (χ0n) is 20.6. The average Bonchev–Trinajstić information content (AvgIpc) is 2.79. The molecular weight excluding hydrogens is 462 g/mol. The zero-order chi connectivity index (χ0) is 25.8. The van der Waals surface area contributed by atoms with Crippen LogP contribution in [0.3, 0.4) is 0 Å². The van der Waals surface area contributed by atoms with Gasteiger partial charge < -0.3 is 10.6 Å². The first-order chi connectivity index (χ1) is 16.5. The molecule has 0 saturated heterocycles. The van der Waals surface area contributed by atoms with Gasteiger partial charge in [-0.2, -0.15) is 0 Å². The summed E-state index contributed by atoms with van der Waals surface area (Å²) < 4.78 is 26.3. The number of rotatable bonds is 8. The minimum Gasteiger partial charge on any atom is -0.350 e. The molecule has 0 radical (unpaired) electrons. The first-order valence-corrected chi connectivity index (χ1v) is 13.2. The minimum absolute atomic E-state index is 0.0332. The Bertz CT molecular complexity index is 1330. The molecule has 0 bridgehead atoms. The highest BCUT2D eigenvalue weighted by Gasteiger charge is 2.19. The molecule has 0 saturated carbocycles. The number of nitrogens with one attached hydrogen (secondary N) is 2. The molecule has 7 nitrogen and oxygen atoms in total. The SMILES string of the molecule is Cc1ccc(N(Cc2ccc(C(=O)Nc3ccccc3C(=O)NC(C)C)cc2)S(C)(=O)=O)cc1C. The van der Waals surface area contributed by atoms with E-state index in [9.17, 15) is 18.0 Å². The van der Waals surface area contributed by atoms with E-state index in [0.717, 1.165) is 16.7 Å². The van der Waals surface area contributed by atoms with Crippen LogP contribution in [0.1, 0.15) is 51.3 Å². The molecule has 0 fully saturated rings. The van der Waals surface area contributed by atoms with Crippen molar-refractivity contribution in [2.45, 2.75) is 40.3 Å². The summed E-state index contributed by atoms with van der Waals surface area (Å²) in [6, 6.07) is 19.1. The third-order valence-corrected chi connectivity index (χ3v) is 6.70. The first-order valence-electron chi connectivity index (χ1n) is 11.3. The summed E-state index contributed by atoms with van der Waals surface area (Å²) in [5.41, 5.74) is 4.60. The maximum absolute atomic E-state index is 12.8. The Labute approximate surface area is 207 Å². The third-order valence-electron chi connectivity index (χ3n) is 5.56. The molecule has 0 heterocycles. The first kappa shape index (κ1) is 26.0. The lowest BCUT2D eigenvalue weighted by Crippen LogP contribution is -2.31. The van der Waals surface area contributed by atoms with Crippen LogP contribution < -0.4 is 14.9 Å². The maximum Gasteiger partial charge on any atom is 0.255 e. The summed E-state index contributed by atoms with van der Waals surface area (Å²) in [5.74, 6) is -0.631. The van der Waals surface area contributed by atoms with Gasteiger partial charge in [0.25, 0.3) is 11.8 Å². The number of amides is 2. The van der Waals surface area contributed by atoms with Crippen molar-refractivity contribution in [2.75, 3.05) is 15.9 Å². The molecule has 35 heavy (non-hydrogen) atoms. The van der Waals surface area contributed by atoms with E-state index in [0.29, 0.717) is 22.5 Å². The van der Waals surface area contributed by atoms with Crippen LogP contribution in [0.5, 0.6) is 0 Å². The van der Waals surface area contributed by atoms with Crippen LogP contribution in [-0.4, -0.2) is 32.5 Å². The molecule has 0 unspecified atom stereocenters. The number of carbonyl (C=O) groups is 2. The normalized spacial score (nSPS) is 11.3. The van der Waals surface area contributed by atoms with Gasteiger partial charge in [-0.3, -0.25) is 13.9 Å². The van der Waals surface area contributed by atoms with Crippen LogP contribution in [-0.2, 0) is 16.6 Å². The quantitative estimate of drug-likeness (QED) is 0.477. The highest BCUT2D eigenvalue weighted by atomic mass is 32.2. The second-order valence-corrected chi connectivity index (χ2v) is 10.8. The van der Waals surface area contributed by atoms with Crippen molar-refractivity contribution in [1.82, 2.24) is 5.32 Å². The highest BCUT2D eigenvalue weighted by Crippen LogP contribution is 2.24. The summed E-state index contributed by atoms with van der Waals surface area (Å²) in [5, 5.41) is 5.62. The molecule has 184 valence electrons. The van der Waals surface area contributed by atoms with Gasteiger partial charge in [-0.05, 0) is 80.8 Å². The number of sulfonamides is 1. The van der Waals surface area contributed by atoms with Gasteiger partial charge in [0.1, 0.15) is 0 Å². The van der Waals surface area contributed by atoms with E-state index in [1.54, 1.807) is 54.6 Å². The molecular formula is C27H31N3O4S. The van der Waals surface area contributed by atoms with Gasteiger partial charge in [-0.25, -0.2) is 8.42 Å². The highest BCUT2D eigenvalue weighted by molar-refractivity contribution is 7.92. The van der Waals surface area contributed by atoms with Gasteiger partial charge in [0.2, 0.25) is 10.0 Å². The van der Waals surface area contributed by atoms with Crippen molar-refractivity contribution >= 4 is 33.2 Å². The fraction of sp³-hybridized carbons (Fsp3) is 0.259. The molecule has 0 aliphatic carbocycles. The number of aryl methyl sites for hydroxylation is 2. The van der Waals surface area contributed by atoms with E-state index >= 15 is 0 Å². The van der Waals surface area contributed by atoms with Gasteiger partial charge in [-0.1, -0.05) is 30.3 Å². The average molecular weight is 494 g/mol. The minimum atomic E-state index is -3.52. The van der Waals surface area contributed by atoms with Gasteiger partial charge >= 0.3 is 0 Å². The number of nitrogens with zero attached hydrogens (tertiary/aromatic N) is 1. The van der Waals surface area contributed by atoms with Crippen LogP contribution in [0, 0.1) is 13.8 Å². The lowest BCUT2D eigenvalue weighted by molar-refractivity contribution is 0.0944. The third kappa shape index (κ3) is 6.70. The molecule has 3 aromatic carbocycles. The predicted octanol–water partition coefficient (Wildman–Crippen LogP) is 4.66. The molecule has 0 aromatic heterocycles. The van der Waals surface area contributed by atoms with Gasteiger partial charge in [-0.15, -0.1) is 0 Å². The van der Waals surface area contributed by atoms with Crippen LogP contribution in [0.25, 0.3) is 0 Å². The Hall–Kier alpha value is -3.65. The van der Waals surface area contributed by atoms with Crippen LogP contribution in [0.15, 0.2) is 66.7 Å². The van der Waals surface area contributed by atoms with Crippen molar-refractivity contribution in [2.24, 2.45) is 0 Å². The molecule has 0 aliphatic rings. The number of hydrogen-bond acceptors (Lipinski definition) is 4. The maximum atomic E-state index is 12.8. The monoisotopic (exact) mass is 493 g/mol. The fourth-order valence-electron chi connectivity index (χ4n) is 3.53. The number of benzene rings is 3. The summed E-state index contributed by atoms with van der Waals surface area (Å²) in [7, 11) is -3.52. The number of para-hydroxylation sites is 1. The standard InChI is InChI=1S/C27H31N3O4S/c1-18(2)28-27(32)24-8-6-7-9-25(24)29-26(31)22-13-11-21(12-14-22)17-30(35(5,33)34)23-15-10-19(3)20(4)16-23/h6-16,18H,17H2,1-5H3,(H,28,32)(H,29,31). The second kappa shape index (κ2) is 10.7. The smallest absolute Gasteiger partial charge is 0.255 e. The van der Waals surface area contributed by atoms with E-state index in [2.05, 4.69) is 10.6 Å². The lowest BCUT2D eigenvalue weighted by atomic mass is 10.1. The van der Waals surface area contributed by atoms with E-state index < -0.39 is 10.0 Å². The molecule has 0 spiro atoms. The second-order valence-electron chi connectivity index (χ2n) is 8.86. The molecule has 0 aliphatic heterocycles. The molecule has 2 amide bonds. The van der Waals surface area contributed by atoms with Crippen molar-refractivity contribution in [3.8, 4) is 0 Å². The van der Waals surface area contributed by atoms with Crippen LogP contribution >= 0.6 is 0 Å².